The molecule has 0 aliphatic rings. The second-order valence-electron chi connectivity index (χ2n) is 6.11. The van der Waals surface area contributed by atoms with E-state index in [9.17, 15) is 9.59 Å². The van der Waals surface area contributed by atoms with Gasteiger partial charge in [0.1, 0.15) is 0 Å². The fourth-order valence-electron chi connectivity index (χ4n) is 3.03. The number of anilines is 1. The van der Waals surface area contributed by atoms with Gasteiger partial charge in [0.2, 0.25) is 5.91 Å². The molecule has 0 radical (unpaired) electrons. The van der Waals surface area contributed by atoms with Crippen molar-refractivity contribution in [3.8, 4) is 5.69 Å². The fraction of sp³-hybridized carbons (Fsp3) is 0.150. The molecule has 27 heavy (non-hydrogen) atoms. The maximum atomic E-state index is 12.4. The van der Waals surface area contributed by atoms with Crippen molar-refractivity contribution >= 4 is 22.7 Å². The maximum absolute atomic E-state index is 12.4. The normalized spacial score (nSPS) is 11.0. The van der Waals surface area contributed by atoms with E-state index in [0.717, 1.165) is 11.2 Å². The van der Waals surface area contributed by atoms with E-state index in [1.165, 1.54) is 0 Å². The second-order valence-corrected chi connectivity index (χ2v) is 6.11. The quantitative estimate of drug-likeness (QED) is 0.571. The van der Waals surface area contributed by atoms with Gasteiger partial charge in [-0.3, -0.25) is 9.36 Å². The first-order valence-electron chi connectivity index (χ1n) is 8.69. The van der Waals surface area contributed by atoms with Gasteiger partial charge >= 0.3 is 5.76 Å². The minimum absolute atomic E-state index is 0.115. The summed E-state index contributed by atoms with van der Waals surface area (Å²) in [6.45, 7) is 0.421. The zero-order valence-corrected chi connectivity index (χ0v) is 14.5. The molecule has 1 N–H and O–H groups in total. The van der Waals surface area contributed by atoms with E-state index in [1.54, 1.807) is 21.5 Å². The van der Waals surface area contributed by atoms with Crippen molar-refractivity contribution in [3.63, 3.8) is 0 Å². The summed E-state index contributed by atoms with van der Waals surface area (Å²) in [4.78, 5) is 24.3. The van der Waals surface area contributed by atoms with Crippen molar-refractivity contribution in [2.24, 2.45) is 0 Å². The predicted molar refractivity (Wildman–Crippen MR) is 102 cm³/mol. The van der Waals surface area contributed by atoms with Crippen molar-refractivity contribution in [1.82, 2.24) is 14.3 Å². The fourth-order valence-corrected chi connectivity index (χ4v) is 3.03. The molecule has 0 saturated heterocycles. The highest BCUT2D eigenvalue weighted by atomic mass is 16.4. The van der Waals surface area contributed by atoms with Gasteiger partial charge in [-0.05, 0) is 36.8 Å². The van der Waals surface area contributed by atoms with Crippen LogP contribution in [0.3, 0.4) is 0 Å². The number of fused-ring (bicyclic) bond motifs is 1. The van der Waals surface area contributed by atoms with Crippen molar-refractivity contribution in [1.29, 1.82) is 0 Å². The number of carbonyl (C=O) groups is 1. The number of amides is 1. The first kappa shape index (κ1) is 16.8. The Hall–Kier alpha value is -3.61. The van der Waals surface area contributed by atoms with Crippen LogP contribution in [0.2, 0.25) is 0 Å². The van der Waals surface area contributed by atoms with Gasteiger partial charge in [-0.1, -0.05) is 24.3 Å². The number of nitrogens with zero attached hydrogens (tertiary/aromatic N) is 3. The maximum Gasteiger partial charge on any atom is 0.419 e. The average molecular weight is 362 g/mol. The molecule has 7 nitrogen and oxygen atoms in total. The van der Waals surface area contributed by atoms with E-state index in [1.807, 2.05) is 54.7 Å². The SMILES string of the molecule is O=C(CCCn1c(=O)oc2ccccc21)Nc1ccccc1-n1cccn1. The van der Waals surface area contributed by atoms with E-state index in [-0.39, 0.29) is 5.91 Å². The highest BCUT2D eigenvalue weighted by Gasteiger charge is 2.11. The van der Waals surface area contributed by atoms with Gasteiger partial charge in [-0.15, -0.1) is 0 Å². The number of para-hydroxylation sites is 4. The average Bonchev–Trinajstić information content (AvgIpc) is 3.31. The van der Waals surface area contributed by atoms with Crippen molar-refractivity contribution in [2.75, 3.05) is 5.32 Å². The lowest BCUT2D eigenvalue weighted by Gasteiger charge is -2.11. The van der Waals surface area contributed by atoms with Crippen LogP contribution in [0.15, 0.2) is 76.2 Å². The lowest BCUT2D eigenvalue weighted by molar-refractivity contribution is -0.116. The van der Waals surface area contributed by atoms with Crippen LogP contribution < -0.4 is 11.1 Å². The third-order valence-corrected chi connectivity index (χ3v) is 4.29. The highest BCUT2D eigenvalue weighted by molar-refractivity contribution is 5.92. The molecule has 0 spiro atoms. The minimum Gasteiger partial charge on any atom is -0.408 e. The standard InChI is InChI=1S/C20H18N4O3/c25-19(22-15-7-1-2-8-16(15)24-14-6-12-21-24)11-5-13-23-17-9-3-4-10-18(17)27-20(23)26/h1-4,6-10,12,14H,5,11,13H2,(H,22,25). The smallest absolute Gasteiger partial charge is 0.408 e. The highest BCUT2D eigenvalue weighted by Crippen LogP contribution is 2.19. The van der Waals surface area contributed by atoms with E-state index in [4.69, 9.17) is 4.42 Å². The summed E-state index contributed by atoms with van der Waals surface area (Å²) in [5.41, 5.74) is 2.79. The Morgan fingerprint density at radius 2 is 1.89 bits per heavy atom. The molecule has 0 saturated carbocycles. The number of aryl methyl sites for hydroxylation is 1. The number of hydrogen-bond acceptors (Lipinski definition) is 4. The van der Waals surface area contributed by atoms with Crippen LogP contribution in [0.5, 0.6) is 0 Å². The summed E-state index contributed by atoms with van der Waals surface area (Å²) in [7, 11) is 0. The number of rotatable bonds is 6. The third-order valence-electron chi connectivity index (χ3n) is 4.29. The molecule has 0 bridgehead atoms. The molecule has 1 amide bonds. The van der Waals surface area contributed by atoms with Gasteiger partial charge in [-0.25, -0.2) is 9.48 Å². The molecular weight excluding hydrogens is 344 g/mol. The van der Waals surface area contributed by atoms with Gasteiger partial charge in [0.15, 0.2) is 5.58 Å². The molecule has 0 unspecified atom stereocenters. The molecule has 2 aromatic carbocycles. The molecular formula is C20H18N4O3. The Bertz CT molecular complexity index is 1130. The Morgan fingerprint density at radius 1 is 1.07 bits per heavy atom. The monoisotopic (exact) mass is 362 g/mol. The summed E-state index contributed by atoms with van der Waals surface area (Å²) in [6.07, 6.45) is 4.32. The summed E-state index contributed by atoms with van der Waals surface area (Å²) in [6, 6.07) is 16.6. The number of oxazole rings is 1. The van der Waals surface area contributed by atoms with Crippen molar-refractivity contribution in [2.45, 2.75) is 19.4 Å². The number of aromatic nitrogens is 3. The predicted octanol–water partition coefficient (Wildman–Crippen LogP) is 3.20. The molecule has 4 rings (SSSR count). The van der Waals surface area contributed by atoms with Gasteiger partial charge in [0, 0.05) is 25.4 Å². The Labute approximate surface area is 154 Å². The molecule has 0 atom stereocenters. The van der Waals surface area contributed by atoms with E-state index >= 15 is 0 Å². The van der Waals surface area contributed by atoms with Gasteiger partial charge in [0.25, 0.3) is 0 Å². The van der Waals surface area contributed by atoms with Gasteiger partial charge in [-0.2, -0.15) is 5.10 Å². The largest absolute Gasteiger partial charge is 0.419 e. The minimum atomic E-state index is -0.402. The lowest BCUT2D eigenvalue weighted by atomic mass is 10.2. The first-order valence-corrected chi connectivity index (χ1v) is 8.69. The van der Waals surface area contributed by atoms with E-state index < -0.39 is 5.76 Å². The van der Waals surface area contributed by atoms with Crippen LogP contribution in [0.25, 0.3) is 16.8 Å². The summed E-state index contributed by atoms with van der Waals surface area (Å²) < 4.78 is 8.46. The summed E-state index contributed by atoms with van der Waals surface area (Å²) in [5.74, 6) is -0.518. The van der Waals surface area contributed by atoms with Crippen LogP contribution in [-0.2, 0) is 11.3 Å². The molecule has 2 aromatic heterocycles. The third kappa shape index (κ3) is 3.52. The zero-order valence-electron chi connectivity index (χ0n) is 14.5. The first-order chi connectivity index (χ1) is 13.2. The molecule has 0 aliphatic heterocycles. The Kier molecular flexibility index (Phi) is 4.57. The van der Waals surface area contributed by atoms with Gasteiger partial charge < -0.3 is 9.73 Å². The molecule has 0 fully saturated rings. The van der Waals surface area contributed by atoms with Crippen molar-refractivity contribution < 1.29 is 9.21 Å². The van der Waals surface area contributed by atoms with E-state index in [0.29, 0.717) is 30.7 Å². The zero-order chi connectivity index (χ0) is 18.6. The molecule has 136 valence electrons. The van der Waals surface area contributed by atoms with Crippen LogP contribution in [-0.4, -0.2) is 20.3 Å². The topological polar surface area (TPSA) is 82.1 Å². The van der Waals surface area contributed by atoms with Crippen molar-refractivity contribution in [3.05, 3.63) is 77.5 Å². The van der Waals surface area contributed by atoms with Crippen LogP contribution in [0.4, 0.5) is 5.69 Å². The van der Waals surface area contributed by atoms with Crippen LogP contribution in [0, 0.1) is 0 Å². The lowest BCUT2D eigenvalue weighted by Crippen LogP contribution is -2.17. The van der Waals surface area contributed by atoms with Crippen LogP contribution >= 0.6 is 0 Å². The number of benzene rings is 2. The number of hydrogen-bond donors (Lipinski definition) is 1. The number of carbonyl (C=O) groups excluding carboxylic acids is 1. The van der Waals surface area contributed by atoms with Gasteiger partial charge in [0.05, 0.1) is 16.9 Å². The van der Waals surface area contributed by atoms with Crippen LogP contribution in [0.1, 0.15) is 12.8 Å². The van der Waals surface area contributed by atoms with E-state index in [2.05, 4.69) is 10.4 Å². The Morgan fingerprint density at radius 3 is 2.74 bits per heavy atom. The summed E-state index contributed by atoms with van der Waals surface area (Å²) >= 11 is 0. The molecule has 4 aromatic rings. The second kappa shape index (κ2) is 7.33. The number of nitrogens with one attached hydrogen (secondary N) is 1. The Balaban J connectivity index is 1.41. The molecule has 2 heterocycles. The summed E-state index contributed by atoms with van der Waals surface area (Å²) in [5, 5.41) is 7.13. The molecule has 7 heteroatoms. The molecule has 0 aliphatic carbocycles.